The molecule has 0 aliphatic heterocycles. The number of nitriles is 1. The molecule has 0 spiro atoms. The Morgan fingerprint density at radius 1 is 1.59 bits per heavy atom. The third kappa shape index (κ3) is 4.25. The second-order valence-electron chi connectivity index (χ2n) is 2.57. The third-order valence-electron chi connectivity index (χ3n) is 1.70. The molecule has 17 heavy (non-hydrogen) atoms. The summed E-state index contributed by atoms with van der Waals surface area (Å²) in [5.41, 5.74) is 6.46. The average molecular weight is 340 g/mol. The first kappa shape index (κ1) is 16.9. The summed E-state index contributed by atoms with van der Waals surface area (Å²) >= 11 is 8.58. The summed E-state index contributed by atoms with van der Waals surface area (Å²) in [7, 11) is 1.63. The van der Waals surface area contributed by atoms with Gasteiger partial charge in [-0.2, -0.15) is 0 Å². The largest absolute Gasteiger partial charge is 1.00 e. The van der Waals surface area contributed by atoms with Gasteiger partial charge in [0, 0.05) is 0 Å². The van der Waals surface area contributed by atoms with Gasteiger partial charge in [0.05, 0.1) is 16.3 Å². The van der Waals surface area contributed by atoms with Crippen LogP contribution in [0, 0.1) is 10.7 Å². The molecule has 2 aromatic rings. The fourth-order valence-corrected chi connectivity index (χ4v) is 2.59. The van der Waals surface area contributed by atoms with Crippen molar-refractivity contribution in [1.82, 2.24) is 4.98 Å². The molecule has 0 amide bonds. The summed E-state index contributed by atoms with van der Waals surface area (Å²) in [6.45, 7) is 0. The molecule has 1 aromatic heterocycles. The van der Waals surface area contributed by atoms with Crippen LogP contribution in [0.5, 0.6) is 5.75 Å². The van der Waals surface area contributed by atoms with Crippen LogP contribution < -0.4 is 40.0 Å². The SMILES string of the molecule is COc1ccc2sc(N)nc2c1Br.N#C[S-].[Na+]. The van der Waals surface area contributed by atoms with Gasteiger partial charge in [0.2, 0.25) is 0 Å². The number of hydrogen-bond donors (Lipinski definition) is 1. The molecule has 0 aliphatic carbocycles. The second kappa shape index (κ2) is 8.08. The summed E-state index contributed by atoms with van der Waals surface area (Å²) in [6, 6.07) is 3.84. The number of fused-ring (bicyclic) bond motifs is 1. The molecule has 8 heteroatoms. The quantitative estimate of drug-likeness (QED) is 0.437. The van der Waals surface area contributed by atoms with Crippen molar-refractivity contribution in [2.24, 2.45) is 0 Å². The number of rotatable bonds is 1. The molecule has 1 heterocycles. The Morgan fingerprint density at radius 2 is 2.18 bits per heavy atom. The Bertz CT molecular complexity index is 541. The first-order valence-corrected chi connectivity index (χ1v) is 6.05. The summed E-state index contributed by atoms with van der Waals surface area (Å²) in [5, 5.41) is 9.04. The maximum absolute atomic E-state index is 7.13. The first-order valence-electron chi connectivity index (χ1n) is 4.03. The molecule has 0 saturated carbocycles. The van der Waals surface area contributed by atoms with Crippen molar-refractivity contribution in [2.75, 3.05) is 12.8 Å². The number of methoxy groups -OCH3 is 1. The number of halogens is 1. The Labute approximate surface area is 139 Å². The number of thiazole rings is 1. The van der Waals surface area contributed by atoms with Crippen LogP contribution in [-0.2, 0) is 12.6 Å². The molecular formula is C9H7BrN3NaOS2. The van der Waals surface area contributed by atoms with Crippen LogP contribution in [0.4, 0.5) is 5.13 Å². The molecule has 0 atom stereocenters. The number of hydrogen-bond acceptors (Lipinski definition) is 6. The summed E-state index contributed by atoms with van der Waals surface area (Å²) in [5.74, 6) is 0.776. The molecule has 2 rings (SSSR count). The molecule has 0 saturated heterocycles. The van der Waals surface area contributed by atoms with Gasteiger partial charge in [0.25, 0.3) is 0 Å². The zero-order valence-electron chi connectivity index (χ0n) is 9.23. The molecule has 0 radical (unpaired) electrons. The molecule has 0 aliphatic rings. The van der Waals surface area contributed by atoms with Crippen LogP contribution >= 0.6 is 27.3 Å². The van der Waals surface area contributed by atoms with E-state index in [1.165, 1.54) is 16.7 Å². The van der Waals surface area contributed by atoms with Crippen LogP contribution in [0.15, 0.2) is 16.6 Å². The minimum atomic E-state index is 0. The van der Waals surface area contributed by atoms with Crippen molar-refractivity contribution in [3.63, 3.8) is 0 Å². The van der Waals surface area contributed by atoms with Gasteiger partial charge in [-0.3, -0.25) is 0 Å². The van der Waals surface area contributed by atoms with E-state index in [1.807, 2.05) is 12.1 Å². The summed E-state index contributed by atoms with van der Waals surface area (Å²) < 4.78 is 7.06. The molecule has 0 bridgehead atoms. The number of benzene rings is 1. The number of aromatic nitrogens is 1. The van der Waals surface area contributed by atoms with Gasteiger partial charge in [-0.15, -0.1) is 0 Å². The van der Waals surface area contributed by atoms with E-state index in [9.17, 15) is 0 Å². The molecular weight excluding hydrogens is 333 g/mol. The Kier molecular flexibility index (Phi) is 8.03. The topological polar surface area (TPSA) is 71.9 Å². The number of ether oxygens (including phenoxy) is 1. The second-order valence-corrected chi connectivity index (χ2v) is 4.61. The number of nitrogens with zero attached hydrogens (tertiary/aromatic N) is 2. The van der Waals surface area contributed by atoms with E-state index in [2.05, 4.69) is 33.5 Å². The van der Waals surface area contributed by atoms with Crippen LogP contribution in [0.25, 0.3) is 10.2 Å². The van der Waals surface area contributed by atoms with Crippen molar-refractivity contribution < 1.29 is 34.3 Å². The van der Waals surface area contributed by atoms with Crippen LogP contribution in [-0.4, -0.2) is 12.1 Å². The smallest absolute Gasteiger partial charge is 0.696 e. The van der Waals surface area contributed by atoms with Crippen molar-refractivity contribution in [2.45, 2.75) is 0 Å². The van der Waals surface area contributed by atoms with E-state index < -0.39 is 0 Å². The van der Waals surface area contributed by atoms with E-state index >= 15 is 0 Å². The van der Waals surface area contributed by atoms with Gasteiger partial charge >= 0.3 is 29.6 Å². The van der Waals surface area contributed by atoms with Crippen molar-refractivity contribution >= 4 is 55.2 Å². The van der Waals surface area contributed by atoms with Gasteiger partial charge < -0.3 is 23.1 Å². The van der Waals surface area contributed by atoms with Gasteiger partial charge in [-0.05, 0) is 28.1 Å². The Balaban J connectivity index is 0.000000583. The van der Waals surface area contributed by atoms with Crippen molar-refractivity contribution in [3.8, 4) is 11.2 Å². The predicted octanol–water partition coefficient (Wildman–Crippen LogP) is -0.332. The van der Waals surface area contributed by atoms with Gasteiger partial charge in [-0.25, -0.2) is 10.2 Å². The molecule has 2 N–H and O–H groups in total. The van der Waals surface area contributed by atoms with Crippen molar-refractivity contribution in [1.29, 1.82) is 5.26 Å². The third-order valence-corrected chi connectivity index (χ3v) is 3.32. The maximum atomic E-state index is 7.13. The van der Waals surface area contributed by atoms with Crippen molar-refractivity contribution in [3.05, 3.63) is 16.6 Å². The predicted molar refractivity (Wildman–Crippen MR) is 71.3 cm³/mol. The number of nitrogen functional groups attached to an aromatic ring is 1. The molecule has 0 fully saturated rings. The van der Waals surface area contributed by atoms with E-state index in [0.717, 1.165) is 20.4 Å². The number of nitrogens with two attached hydrogens (primary N) is 1. The summed E-state index contributed by atoms with van der Waals surface area (Å²) in [4.78, 5) is 4.19. The number of anilines is 1. The zero-order chi connectivity index (χ0) is 12.1. The van der Waals surface area contributed by atoms with Gasteiger partial charge in [0.15, 0.2) is 5.13 Å². The monoisotopic (exact) mass is 339 g/mol. The minimum Gasteiger partial charge on any atom is -0.696 e. The minimum absolute atomic E-state index is 0. The Morgan fingerprint density at radius 3 is 2.71 bits per heavy atom. The maximum Gasteiger partial charge on any atom is 1.00 e. The molecule has 4 nitrogen and oxygen atoms in total. The first-order chi connectivity index (χ1) is 7.63. The average Bonchev–Trinajstić information content (AvgIpc) is 2.62. The van der Waals surface area contributed by atoms with Gasteiger partial charge in [-0.1, -0.05) is 16.7 Å². The van der Waals surface area contributed by atoms with Crippen LogP contribution in [0.3, 0.4) is 0 Å². The van der Waals surface area contributed by atoms with Crippen LogP contribution in [0.2, 0.25) is 0 Å². The molecule has 84 valence electrons. The normalized spacial score (nSPS) is 8.53. The van der Waals surface area contributed by atoms with Crippen LogP contribution in [0.1, 0.15) is 0 Å². The van der Waals surface area contributed by atoms with Gasteiger partial charge in [0.1, 0.15) is 11.3 Å². The fraction of sp³-hybridized carbons (Fsp3) is 0.111. The number of thiocyanates is 1. The summed E-state index contributed by atoms with van der Waals surface area (Å²) in [6.07, 6.45) is 0. The van der Waals surface area contributed by atoms with E-state index in [0.29, 0.717) is 5.13 Å². The zero-order valence-corrected chi connectivity index (χ0v) is 14.4. The molecule has 1 aromatic carbocycles. The molecule has 0 unspecified atom stereocenters. The van der Waals surface area contributed by atoms with E-state index in [4.69, 9.17) is 15.7 Å². The fourth-order valence-electron chi connectivity index (χ4n) is 1.12. The van der Waals surface area contributed by atoms with E-state index in [-0.39, 0.29) is 29.6 Å². The standard InChI is InChI=1S/C8H7BrN2OS.CHNS.Na/c1-12-4-2-3-5-7(6(4)9)11-8(10)13-5;2-1-3;/h2-3H,1H3,(H2,10,11);3H;/q;;+1/p-1. The van der Waals surface area contributed by atoms with E-state index in [1.54, 1.807) is 7.11 Å². The Hall–Kier alpha value is -0.100.